The summed E-state index contributed by atoms with van der Waals surface area (Å²) in [5.41, 5.74) is 2.11. The number of para-hydroxylation sites is 1. The van der Waals surface area contributed by atoms with Gasteiger partial charge in [0, 0.05) is 12.0 Å². The SMILES string of the molecule is O=C(c1ccc(O)cc1)n1nnc(CCn2nnc3ccccc32)n1. The molecule has 1 N–H and O–H groups in total. The van der Waals surface area contributed by atoms with Crippen molar-refractivity contribution in [1.82, 2.24) is 35.2 Å². The zero-order valence-corrected chi connectivity index (χ0v) is 13.0. The molecule has 0 spiro atoms. The normalized spacial score (nSPS) is 11.0. The molecule has 2 aromatic carbocycles. The van der Waals surface area contributed by atoms with Gasteiger partial charge in [-0.25, -0.2) is 4.68 Å². The minimum atomic E-state index is -0.412. The number of phenolic OH excluding ortho intramolecular Hbond substituents is 1. The fourth-order valence-corrected chi connectivity index (χ4v) is 2.44. The molecule has 9 nitrogen and oxygen atoms in total. The van der Waals surface area contributed by atoms with Gasteiger partial charge in [0.2, 0.25) is 0 Å². The summed E-state index contributed by atoms with van der Waals surface area (Å²) < 4.78 is 1.76. The molecule has 0 saturated carbocycles. The summed E-state index contributed by atoms with van der Waals surface area (Å²) in [5.74, 6) is 0.112. The van der Waals surface area contributed by atoms with E-state index in [9.17, 15) is 9.90 Å². The van der Waals surface area contributed by atoms with Gasteiger partial charge in [-0.15, -0.1) is 15.3 Å². The van der Waals surface area contributed by atoms with Crippen LogP contribution in [0.4, 0.5) is 0 Å². The molecule has 4 rings (SSSR count). The fraction of sp³-hybridized carbons (Fsp3) is 0.125. The quantitative estimate of drug-likeness (QED) is 0.593. The van der Waals surface area contributed by atoms with Crippen molar-refractivity contribution < 1.29 is 9.90 Å². The van der Waals surface area contributed by atoms with Crippen LogP contribution in [-0.2, 0) is 13.0 Å². The van der Waals surface area contributed by atoms with E-state index in [1.165, 1.54) is 24.3 Å². The maximum Gasteiger partial charge on any atom is 0.297 e. The number of aryl methyl sites for hydroxylation is 2. The van der Waals surface area contributed by atoms with E-state index in [1.54, 1.807) is 4.68 Å². The predicted molar refractivity (Wildman–Crippen MR) is 86.9 cm³/mol. The first-order chi connectivity index (χ1) is 12.2. The molecule has 2 heterocycles. The highest BCUT2D eigenvalue weighted by Crippen LogP contribution is 2.11. The molecule has 0 unspecified atom stereocenters. The lowest BCUT2D eigenvalue weighted by Crippen LogP contribution is -2.15. The van der Waals surface area contributed by atoms with Gasteiger partial charge in [0.15, 0.2) is 5.82 Å². The molecular formula is C16H13N7O2. The number of phenols is 1. The second-order valence-electron chi connectivity index (χ2n) is 5.40. The number of carbonyl (C=O) groups is 1. The highest BCUT2D eigenvalue weighted by Gasteiger charge is 2.13. The first kappa shape index (κ1) is 14.9. The molecule has 0 aliphatic heterocycles. The van der Waals surface area contributed by atoms with Gasteiger partial charge in [-0.1, -0.05) is 22.1 Å². The van der Waals surface area contributed by atoms with Crippen LogP contribution in [0.5, 0.6) is 5.75 Å². The van der Waals surface area contributed by atoms with Gasteiger partial charge >= 0.3 is 0 Å². The summed E-state index contributed by atoms with van der Waals surface area (Å²) in [6.45, 7) is 0.527. The predicted octanol–water partition coefficient (Wildman–Crippen LogP) is 1.05. The Morgan fingerprint density at radius 3 is 2.64 bits per heavy atom. The first-order valence-electron chi connectivity index (χ1n) is 7.61. The van der Waals surface area contributed by atoms with Crippen LogP contribution in [0, 0.1) is 0 Å². The number of fused-ring (bicyclic) bond motifs is 1. The van der Waals surface area contributed by atoms with Crippen molar-refractivity contribution in [1.29, 1.82) is 0 Å². The molecular weight excluding hydrogens is 322 g/mol. The van der Waals surface area contributed by atoms with E-state index in [4.69, 9.17) is 0 Å². The number of aromatic hydroxyl groups is 1. The highest BCUT2D eigenvalue weighted by atomic mass is 16.3. The van der Waals surface area contributed by atoms with Crippen molar-refractivity contribution in [2.45, 2.75) is 13.0 Å². The minimum Gasteiger partial charge on any atom is -0.508 e. The Kier molecular flexibility index (Phi) is 3.65. The van der Waals surface area contributed by atoms with E-state index in [-0.39, 0.29) is 5.75 Å². The average molecular weight is 335 g/mol. The van der Waals surface area contributed by atoms with Crippen LogP contribution < -0.4 is 0 Å². The minimum absolute atomic E-state index is 0.0869. The summed E-state index contributed by atoms with van der Waals surface area (Å²) in [7, 11) is 0. The topological polar surface area (TPSA) is 112 Å². The third-order valence-electron chi connectivity index (χ3n) is 3.72. The summed E-state index contributed by atoms with van der Waals surface area (Å²) in [6, 6.07) is 13.5. The summed E-state index contributed by atoms with van der Waals surface area (Å²) in [5, 5.41) is 29.3. The standard InChI is InChI=1S/C16H13N7O2/c24-12-7-5-11(6-8-12)16(25)23-19-15(18-21-23)9-10-22-14-4-2-1-3-13(14)17-20-22/h1-8,24H,9-10H2. The highest BCUT2D eigenvalue weighted by molar-refractivity contribution is 5.94. The Labute approximate surface area is 141 Å². The third kappa shape index (κ3) is 2.94. The summed E-state index contributed by atoms with van der Waals surface area (Å²) >= 11 is 0. The van der Waals surface area contributed by atoms with Crippen LogP contribution >= 0.6 is 0 Å². The van der Waals surface area contributed by atoms with E-state index < -0.39 is 5.91 Å². The van der Waals surface area contributed by atoms with Gasteiger partial charge in [0.05, 0.1) is 12.1 Å². The van der Waals surface area contributed by atoms with E-state index in [0.717, 1.165) is 15.8 Å². The lowest BCUT2D eigenvalue weighted by molar-refractivity contribution is 0.0925. The van der Waals surface area contributed by atoms with Crippen molar-refractivity contribution >= 4 is 16.9 Å². The fourth-order valence-electron chi connectivity index (χ4n) is 2.44. The molecule has 0 fully saturated rings. The Bertz CT molecular complexity index is 1040. The number of hydrogen-bond donors (Lipinski definition) is 1. The van der Waals surface area contributed by atoms with E-state index in [0.29, 0.717) is 24.4 Å². The zero-order chi connectivity index (χ0) is 17.2. The molecule has 9 heteroatoms. The monoisotopic (exact) mass is 335 g/mol. The summed E-state index contributed by atoms with van der Waals surface area (Å²) in [6.07, 6.45) is 0.468. The Hall–Kier alpha value is -3.62. The second kappa shape index (κ2) is 6.11. The maximum absolute atomic E-state index is 12.3. The Morgan fingerprint density at radius 1 is 1.00 bits per heavy atom. The number of carbonyl (C=O) groups excluding carboxylic acids is 1. The number of aromatic nitrogens is 7. The smallest absolute Gasteiger partial charge is 0.297 e. The zero-order valence-electron chi connectivity index (χ0n) is 13.0. The number of nitrogens with zero attached hydrogens (tertiary/aromatic N) is 7. The van der Waals surface area contributed by atoms with Crippen LogP contribution in [0.3, 0.4) is 0 Å². The largest absolute Gasteiger partial charge is 0.508 e. The van der Waals surface area contributed by atoms with Crippen molar-refractivity contribution in [2.75, 3.05) is 0 Å². The van der Waals surface area contributed by atoms with E-state index in [2.05, 4.69) is 25.7 Å². The number of hydrogen-bond acceptors (Lipinski definition) is 7. The van der Waals surface area contributed by atoms with Crippen LogP contribution in [0.15, 0.2) is 48.5 Å². The molecule has 4 aromatic rings. The molecule has 0 aliphatic rings. The average Bonchev–Trinajstić information content (AvgIpc) is 3.27. The molecule has 25 heavy (non-hydrogen) atoms. The lowest BCUT2D eigenvalue weighted by Gasteiger charge is -1.99. The number of rotatable bonds is 4. The van der Waals surface area contributed by atoms with Crippen molar-refractivity contribution in [3.8, 4) is 5.75 Å². The molecule has 0 saturated heterocycles. The molecule has 2 aromatic heterocycles. The van der Waals surface area contributed by atoms with Gasteiger partial charge in [0.25, 0.3) is 5.91 Å². The molecule has 0 amide bonds. The second-order valence-corrected chi connectivity index (χ2v) is 5.40. The molecule has 124 valence electrons. The molecule has 0 radical (unpaired) electrons. The van der Waals surface area contributed by atoms with Crippen molar-refractivity contribution in [3.05, 3.63) is 59.9 Å². The maximum atomic E-state index is 12.3. The van der Waals surface area contributed by atoms with E-state index in [1.807, 2.05) is 24.3 Å². The number of tetrazole rings is 1. The van der Waals surface area contributed by atoms with Gasteiger partial charge in [-0.05, 0) is 41.6 Å². The van der Waals surface area contributed by atoms with Crippen LogP contribution in [0.2, 0.25) is 0 Å². The van der Waals surface area contributed by atoms with Crippen LogP contribution in [0.1, 0.15) is 16.2 Å². The molecule has 0 atom stereocenters. The lowest BCUT2D eigenvalue weighted by atomic mass is 10.2. The Balaban J connectivity index is 1.48. The van der Waals surface area contributed by atoms with Gasteiger partial charge in [0.1, 0.15) is 11.3 Å². The van der Waals surface area contributed by atoms with Crippen molar-refractivity contribution in [3.63, 3.8) is 0 Å². The van der Waals surface area contributed by atoms with Crippen molar-refractivity contribution in [2.24, 2.45) is 0 Å². The summed E-state index contributed by atoms with van der Waals surface area (Å²) in [4.78, 5) is 13.2. The van der Waals surface area contributed by atoms with Gasteiger partial charge in [-0.3, -0.25) is 4.79 Å². The number of benzene rings is 2. The van der Waals surface area contributed by atoms with E-state index >= 15 is 0 Å². The molecule has 0 aliphatic carbocycles. The van der Waals surface area contributed by atoms with Crippen LogP contribution in [0.25, 0.3) is 11.0 Å². The van der Waals surface area contributed by atoms with Gasteiger partial charge < -0.3 is 5.11 Å². The third-order valence-corrected chi connectivity index (χ3v) is 3.72. The van der Waals surface area contributed by atoms with Crippen LogP contribution in [-0.4, -0.2) is 46.2 Å². The van der Waals surface area contributed by atoms with Gasteiger partial charge in [-0.2, -0.15) is 0 Å². The first-order valence-corrected chi connectivity index (χ1v) is 7.61. The molecule has 0 bridgehead atoms. The Morgan fingerprint density at radius 2 is 1.80 bits per heavy atom.